The van der Waals surface area contributed by atoms with Gasteiger partial charge >= 0.3 is 11.9 Å². The predicted octanol–water partition coefficient (Wildman–Crippen LogP) is 0.609. The summed E-state index contributed by atoms with van der Waals surface area (Å²) in [5, 5.41) is 18.0. The molecule has 1 aliphatic rings. The van der Waals surface area contributed by atoms with E-state index in [4.69, 9.17) is 10.2 Å². The maximum atomic E-state index is 10.9. The number of carboxylic acid groups (broad SMARTS) is 1. The largest absolute Gasteiger partial charge is 0.502 e. The van der Waals surface area contributed by atoms with Gasteiger partial charge in [0.25, 0.3) is 0 Å². The first-order valence-corrected chi connectivity index (χ1v) is 3.82. The van der Waals surface area contributed by atoms with E-state index in [1.165, 1.54) is 6.92 Å². The van der Waals surface area contributed by atoms with Crippen molar-refractivity contribution in [3.8, 4) is 0 Å². The highest BCUT2D eigenvalue weighted by Crippen LogP contribution is 2.34. The molecule has 1 rings (SSSR count). The van der Waals surface area contributed by atoms with Crippen LogP contribution in [0.5, 0.6) is 0 Å². The molecule has 0 aromatic heterocycles. The van der Waals surface area contributed by atoms with Crippen LogP contribution in [-0.2, 0) is 14.3 Å². The Balaban J connectivity index is 3.21. The number of aliphatic carboxylic acids is 1. The zero-order valence-electron chi connectivity index (χ0n) is 7.33. The highest BCUT2D eigenvalue weighted by molar-refractivity contribution is 5.97. The first kappa shape index (κ1) is 9.57. The molecule has 1 aliphatic heterocycles. The Morgan fingerprint density at radius 3 is 2.31 bits per heavy atom. The maximum Gasteiger partial charge on any atom is 0.374 e. The Bertz CT molecular complexity index is 304. The summed E-state index contributed by atoms with van der Waals surface area (Å²) in [7, 11) is 0. The number of esters is 1. The van der Waals surface area contributed by atoms with Crippen molar-refractivity contribution in [2.75, 3.05) is 0 Å². The summed E-state index contributed by atoms with van der Waals surface area (Å²) in [4.78, 5) is 21.7. The molecule has 0 spiro atoms. The van der Waals surface area contributed by atoms with E-state index >= 15 is 0 Å². The summed E-state index contributed by atoms with van der Waals surface area (Å²) in [5.74, 6) is -2.82. The maximum absolute atomic E-state index is 10.9. The Kier molecular flexibility index (Phi) is 2.03. The number of aliphatic hydroxyl groups excluding tert-OH is 1. The van der Waals surface area contributed by atoms with Gasteiger partial charge in [0.1, 0.15) is 0 Å². The number of hydrogen-bond donors (Lipinski definition) is 2. The van der Waals surface area contributed by atoms with E-state index < -0.39 is 23.3 Å². The quantitative estimate of drug-likeness (QED) is 0.617. The fourth-order valence-electron chi connectivity index (χ4n) is 1.32. The van der Waals surface area contributed by atoms with Crippen molar-refractivity contribution in [2.24, 2.45) is 0 Å². The van der Waals surface area contributed by atoms with Gasteiger partial charge in [0.05, 0.1) is 0 Å². The first-order valence-electron chi connectivity index (χ1n) is 3.82. The molecule has 0 radical (unpaired) electrons. The number of hydrogen-bond acceptors (Lipinski definition) is 4. The smallest absolute Gasteiger partial charge is 0.374 e. The lowest BCUT2D eigenvalue weighted by atomic mass is 9.93. The molecule has 0 bridgehead atoms. The van der Waals surface area contributed by atoms with Gasteiger partial charge in [-0.25, -0.2) is 9.59 Å². The molecule has 1 heterocycles. The summed E-state index contributed by atoms with van der Waals surface area (Å²) >= 11 is 0. The second kappa shape index (κ2) is 2.76. The monoisotopic (exact) mass is 186 g/mol. The fourth-order valence-corrected chi connectivity index (χ4v) is 1.32. The summed E-state index contributed by atoms with van der Waals surface area (Å²) in [6, 6.07) is 0. The molecule has 13 heavy (non-hydrogen) atoms. The van der Waals surface area contributed by atoms with Crippen LogP contribution in [0.2, 0.25) is 0 Å². The lowest BCUT2D eigenvalue weighted by molar-refractivity contribution is -0.168. The molecule has 2 N–H and O–H groups in total. The number of carboxylic acids is 1. The minimum absolute atomic E-state index is 0.0625. The highest BCUT2D eigenvalue weighted by atomic mass is 16.6. The standard InChI is InChI=1S/C8H10O5/c1-3-8(7(11)12)4(2)5(9)6(10)13-8/h9H,3H2,1-2H3,(H,11,12). The fraction of sp³-hybridized carbons (Fsp3) is 0.500. The Labute approximate surface area is 74.6 Å². The number of cyclic esters (lactones) is 1. The zero-order valence-corrected chi connectivity index (χ0v) is 7.33. The molecule has 72 valence electrons. The van der Waals surface area contributed by atoms with Crippen molar-refractivity contribution < 1.29 is 24.5 Å². The third kappa shape index (κ3) is 1.07. The lowest BCUT2D eigenvalue weighted by Crippen LogP contribution is -2.39. The van der Waals surface area contributed by atoms with Crippen molar-refractivity contribution >= 4 is 11.9 Å². The van der Waals surface area contributed by atoms with Gasteiger partial charge in [0.15, 0.2) is 0 Å². The van der Waals surface area contributed by atoms with Crippen LogP contribution < -0.4 is 0 Å². The Morgan fingerprint density at radius 2 is 2.15 bits per heavy atom. The molecule has 0 fully saturated rings. The molecule has 0 aromatic rings. The van der Waals surface area contributed by atoms with Gasteiger partial charge in [-0.15, -0.1) is 0 Å². The second-order valence-electron chi connectivity index (χ2n) is 2.85. The van der Waals surface area contributed by atoms with Gasteiger partial charge in [-0.05, 0) is 13.3 Å². The number of ether oxygens (including phenoxy) is 1. The summed E-state index contributed by atoms with van der Waals surface area (Å²) in [5.41, 5.74) is -1.60. The van der Waals surface area contributed by atoms with Crippen LogP contribution in [0.15, 0.2) is 11.3 Å². The number of rotatable bonds is 2. The van der Waals surface area contributed by atoms with E-state index in [9.17, 15) is 9.59 Å². The molecule has 0 aliphatic carbocycles. The van der Waals surface area contributed by atoms with Crippen LogP contribution in [0.4, 0.5) is 0 Å². The van der Waals surface area contributed by atoms with Crippen LogP contribution in [0.1, 0.15) is 20.3 Å². The Hall–Kier alpha value is -1.52. The van der Waals surface area contributed by atoms with Gasteiger partial charge in [0, 0.05) is 5.57 Å². The number of carbonyl (C=O) groups excluding carboxylic acids is 1. The van der Waals surface area contributed by atoms with E-state index in [1.807, 2.05) is 0 Å². The normalized spacial score (nSPS) is 27.7. The minimum Gasteiger partial charge on any atom is -0.502 e. The Morgan fingerprint density at radius 1 is 1.62 bits per heavy atom. The molecular formula is C8H10O5. The van der Waals surface area contributed by atoms with Gasteiger partial charge in [-0.1, -0.05) is 6.92 Å². The molecular weight excluding hydrogens is 176 g/mol. The topological polar surface area (TPSA) is 83.8 Å². The van der Waals surface area contributed by atoms with Crippen LogP contribution >= 0.6 is 0 Å². The lowest BCUT2D eigenvalue weighted by Gasteiger charge is -2.22. The summed E-state index contributed by atoms with van der Waals surface area (Å²) in [6.45, 7) is 2.95. The van der Waals surface area contributed by atoms with Crippen LogP contribution in [0.25, 0.3) is 0 Å². The van der Waals surface area contributed by atoms with Gasteiger partial charge in [-0.2, -0.15) is 0 Å². The average Bonchev–Trinajstić information content (AvgIpc) is 2.30. The third-order valence-corrected chi connectivity index (χ3v) is 2.26. The number of carbonyl (C=O) groups is 2. The molecule has 5 nitrogen and oxygen atoms in total. The molecule has 1 unspecified atom stereocenters. The van der Waals surface area contributed by atoms with Gasteiger partial charge in [-0.3, -0.25) is 0 Å². The van der Waals surface area contributed by atoms with E-state index in [-0.39, 0.29) is 12.0 Å². The molecule has 0 saturated carbocycles. The SMILES string of the molecule is CCC1(C(=O)O)OC(=O)C(O)=C1C. The van der Waals surface area contributed by atoms with Crippen molar-refractivity contribution in [1.29, 1.82) is 0 Å². The van der Waals surface area contributed by atoms with Gasteiger partial charge in [0.2, 0.25) is 11.4 Å². The van der Waals surface area contributed by atoms with Crippen molar-refractivity contribution in [2.45, 2.75) is 25.9 Å². The third-order valence-electron chi connectivity index (χ3n) is 2.26. The highest BCUT2D eigenvalue weighted by Gasteiger charge is 2.50. The molecule has 5 heteroatoms. The van der Waals surface area contributed by atoms with Crippen molar-refractivity contribution in [3.63, 3.8) is 0 Å². The molecule has 0 amide bonds. The molecule has 0 saturated heterocycles. The van der Waals surface area contributed by atoms with Crippen molar-refractivity contribution in [1.82, 2.24) is 0 Å². The number of aliphatic hydroxyl groups is 1. The minimum atomic E-state index is -1.67. The second-order valence-corrected chi connectivity index (χ2v) is 2.85. The average molecular weight is 186 g/mol. The van der Waals surface area contributed by atoms with E-state index in [0.29, 0.717) is 0 Å². The predicted molar refractivity (Wildman–Crippen MR) is 42.1 cm³/mol. The molecule has 1 atom stereocenters. The summed E-state index contributed by atoms with van der Waals surface area (Å²) in [6.07, 6.45) is 0.101. The summed E-state index contributed by atoms with van der Waals surface area (Å²) < 4.78 is 4.62. The van der Waals surface area contributed by atoms with E-state index in [2.05, 4.69) is 4.74 Å². The molecule has 0 aromatic carbocycles. The van der Waals surface area contributed by atoms with Gasteiger partial charge < -0.3 is 14.9 Å². The first-order chi connectivity index (χ1) is 5.95. The van der Waals surface area contributed by atoms with E-state index in [0.717, 1.165) is 0 Å². The van der Waals surface area contributed by atoms with Crippen LogP contribution in [0, 0.1) is 0 Å². The van der Waals surface area contributed by atoms with E-state index in [1.54, 1.807) is 6.92 Å². The van der Waals surface area contributed by atoms with Crippen LogP contribution in [-0.4, -0.2) is 27.8 Å². The van der Waals surface area contributed by atoms with Crippen LogP contribution in [0.3, 0.4) is 0 Å². The van der Waals surface area contributed by atoms with Crippen molar-refractivity contribution in [3.05, 3.63) is 11.3 Å². The zero-order chi connectivity index (χ0) is 10.2.